The summed E-state index contributed by atoms with van der Waals surface area (Å²) in [6, 6.07) is 5.31. The average Bonchev–Trinajstić information content (AvgIpc) is 3.19. The van der Waals surface area contributed by atoms with E-state index in [0.717, 1.165) is 43.1 Å². The van der Waals surface area contributed by atoms with Gasteiger partial charge in [0, 0.05) is 50.9 Å². The van der Waals surface area contributed by atoms with Crippen LogP contribution in [0.5, 0.6) is 11.6 Å². The van der Waals surface area contributed by atoms with Crippen molar-refractivity contribution in [1.29, 1.82) is 0 Å². The van der Waals surface area contributed by atoms with Gasteiger partial charge in [0.25, 0.3) is 5.91 Å². The summed E-state index contributed by atoms with van der Waals surface area (Å²) in [6.07, 6.45) is 5.11. The molecule has 9 heteroatoms. The number of Topliss-reactive ketones (excluding diaryl/α,β-unsaturated/α-hetero) is 1. The number of rotatable bonds is 6. The van der Waals surface area contributed by atoms with Crippen LogP contribution in [-0.4, -0.2) is 59.2 Å². The molecule has 1 saturated carbocycles. The molecule has 1 atom stereocenters. The molecule has 0 bridgehead atoms. The molecule has 0 radical (unpaired) electrons. The van der Waals surface area contributed by atoms with Crippen molar-refractivity contribution in [3.63, 3.8) is 0 Å². The van der Waals surface area contributed by atoms with Gasteiger partial charge in [-0.3, -0.25) is 9.59 Å². The van der Waals surface area contributed by atoms with Gasteiger partial charge in [0.1, 0.15) is 17.6 Å². The molecular weight excluding hydrogens is 398 g/mol. The Balaban J connectivity index is 1.31. The van der Waals surface area contributed by atoms with Crippen LogP contribution in [0.1, 0.15) is 48.2 Å². The molecule has 164 valence electrons. The Labute approximate surface area is 181 Å². The molecule has 2 aromatic heterocycles. The first-order valence-electron chi connectivity index (χ1n) is 10.6. The van der Waals surface area contributed by atoms with Crippen LogP contribution in [0.15, 0.2) is 24.4 Å². The van der Waals surface area contributed by atoms with Gasteiger partial charge in [-0.2, -0.15) is 0 Å². The number of pyridine rings is 1. The van der Waals surface area contributed by atoms with Crippen LogP contribution in [0.4, 0.5) is 5.82 Å². The largest absolute Gasteiger partial charge is 0.489 e. The van der Waals surface area contributed by atoms with Gasteiger partial charge in [-0.25, -0.2) is 4.98 Å². The Bertz CT molecular complexity index is 941. The number of nitrogens with one attached hydrogen (secondary N) is 1. The van der Waals surface area contributed by atoms with Gasteiger partial charge in [-0.05, 0) is 31.0 Å². The van der Waals surface area contributed by atoms with Gasteiger partial charge >= 0.3 is 0 Å². The lowest BCUT2D eigenvalue weighted by Gasteiger charge is -2.33. The molecule has 0 aromatic carbocycles. The second kappa shape index (κ2) is 9.28. The maximum absolute atomic E-state index is 12.4. The highest BCUT2D eigenvalue weighted by atomic mass is 16.5. The minimum absolute atomic E-state index is 0.0956. The number of piperidine rings is 1. The number of hydrogen-bond acceptors (Lipinski definition) is 8. The third-order valence-corrected chi connectivity index (χ3v) is 5.73. The monoisotopic (exact) mass is 425 g/mol. The summed E-state index contributed by atoms with van der Waals surface area (Å²) in [5, 5.41) is 11.3. The summed E-state index contributed by atoms with van der Waals surface area (Å²) in [5.74, 6) is 2.00. The van der Waals surface area contributed by atoms with E-state index in [0.29, 0.717) is 25.1 Å². The number of amides is 1. The van der Waals surface area contributed by atoms with E-state index < -0.39 is 0 Å². The Morgan fingerprint density at radius 1 is 1.19 bits per heavy atom. The molecule has 4 rings (SSSR count). The van der Waals surface area contributed by atoms with E-state index in [1.807, 2.05) is 13.0 Å². The number of carbonyl (C=O) groups is 2. The Morgan fingerprint density at radius 2 is 2.00 bits per heavy atom. The summed E-state index contributed by atoms with van der Waals surface area (Å²) >= 11 is 0. The van der Waals surface area contributed by atoms with E-state index in [1.165, 1.54) is 0 Å². The molecule has 1 unspecified atom stereocenters. The van der Waals surface area contributed by atoms with Crippen LogP contribution >= 0.6 is 0 Å². The van der Waals surface area contributed by atoms with E-state index in [4.69, 9.17) is 9.47 Å². The highest BCUT2D eigenvalue weighted by Crippen LogP contribution is 2.24. The zero-order chi connectivity index (χ0) is 21.8. The fourth-order valence-corrected chi connectivity index (χ4v) is 4.03. The molecule has 1 aliphatic heterocycles. The molecule has 2 aromatic rings. The van der Waals surface area contributed by atoms with E-state index in [-0.39, 0.29) is 29.5 Å². The van der Waals surface area contributed by atoms with Crippen LogP contribution in [0.3, 0.4) is 0 Å². The van der Waals surface area contributed by atoms with Gasteiger partial charge in [0.15, 0.2) is 11.5 Å². The Kier molecular flexibility index (Phi) is 6.29. The lowest BCUT2D eigenvalue weighted by molar-refractivity contribution is -0.117. The minimum Gasteiger partial charge on any atom is -0.489 e. The van der Waals surface area contributed by atoms with E-state index in [9.17, 15) is 9.59 Å². The van der Waals surface area contributed by atoms with Crippen LogP contribution in [0, 0.1) is 6.92 Å². The predicted octanol–water partition coefficient (Wildman–Crippen LogP) is 2.09. The quantitative estimate of drug-likeness (QED) is 0.750. The SMILES string of the molecule is COc1ccc(OC2CCN(c3nnc(C(=O)NC4CCC(=O)C4)cc3C)CC2)cn1. The van der Waals surface area contributed by atoms with E-state index in [2.05, 4.69) is 25.4 Å². The minimum atomic E-state index is -0.276. The van der Waals surface area contributed by atoms with Crippen molar-refractivity contribution in [2.75, 3.05) is 25.1 Å². The van der Waals surface area contributed by atoms with Gasteiger partial charge in [-0.15, -0.1) is 10.2 Å². The van der Waals surface area contributed by atoms with Gasteiger partial charge < -0.3 is 19.7 Å². The Morgan fingerprint density at radius 3 is 2.61 bits per heavy atom. The highest BCUT2D eigenvalue weighted by molar-refractivity contribution is 5.93. The fourth-order valence-electron chi connectivity index (χ4n) is 4.03. The average molecular weight is 425 g/mol. The topological polar surface area (TPSA) is 107 Å². The summed E-state index contributed by atoms with van der Waals surface area (Å²) in [4.78, 5) is 30.2. The molecular formula is C22H27N5O4. The predicted molar refractivity (Wildman–Crippen MR) is 114 cm³/mol. The van der Waals surface area contributed by atoms with Crippen molar-refractivity contribution in [1.82, 2.24) is 20.5 Å². The van der Waals surface area contributed by atoms with Crippen LogP contribution in [0.2, 0.25) is 0 Å². The summed E-state index contributed by atoms with van der Waals surface area (Å²) in [7, 11) is 1.58. The first-order valence-corrected chi connectivity index (χ1v) is 10.6. The lowest BCUT2D eigenvalue weighted by Crippen LogP contribution is -2.39. The van der Waals surface area contributed by atoms with Gasteiger partial charge in [0.05, 0.1) is 13.3 Å². The Hall–Kier alpha value is -3.23. The standard InChI is InChI=1S/C22H27N5O4/c1-14-11-19(22(29)24-15-3-4-16(28)12-15)25-26-21(14)27-9-7-17(8-10-27)31-18-5-6-20(30-2)23-13-18/h5-6,11,13,15,17H,3-4,7-10,12H2,1-2H3,(H,24,29). The van der Waals surface area contributed by atoms with Crippen molar-refractivity contribution in [3.05, 3.63) is 35.7 Å². The van der Waals surface area contributed by atoms with Crippen molar-refractivity contribution >= 4 is 17.5 Å². The number of nitrogens with zero attached hydrogens (tertiary/aromatic N) is 4. The molecule has 0 spiro atoms. The molecule has 2 fully saturated rings. The second-order valence-corrected chi connectivity index (χ2v) is 8.03. The molecule has 1 aliphatic carbocycles. The molecule has 1 amide bonds. The summed E-state index contributed by atoms with van der Waals surface area (Å²) in [5.41, 5.74) is 1.19. The zero-order valence-electron chi connectivity index (χ0n) is 17.8. The third-order valence-electron chi connectivity index (χ3n) is 5.73. The maximum atomic E-state index is 12.4. The van der Waals surface area contributed by atoms with Crippen molar-refractivity contribution in [3.8, 4) is 11.6 Å². The van der Waals surface area contributed by atoms with Crippen molar-refractivity contribution < 1.29 is 19.1 Å². The fraction of sp³-hybridized carbons (Fsp3) is 0.500. The van der Waals surface area contributed by atoms with E-state index >= 15 is 0 Å². The zero-order valence-corrected chi connectivity index (χ0v) is 17.8. The van der Waals surface area contributed by atoms with Gasteiger partial charge in [0.2, 0.25) is 5.88 Å². The van der Waals surface area contributed by atoms with E-state index in [1.54, 1.807) is 25.4 Å². The number of methoxy groups -OCH3 is 1. The molecule has 2 aliphatic rings. The number of hydrogen-bond donors (Lipinski definition) is 1. The molecule has 1 N–H and O–H groups in total. The first-order chi connectivity index (χ1) is 15.0. The molecule has 3 heterocycles. The molecule has 1 saturated heterocycles. The molecule has 31 heavy (non-hydrogen) atoms. The number of carbonyl (C=O) groups excluding carboxylic acids is 2. The maximum Gasteiger partial charge on any atom is 0.272 e. The summed E-state index contributed by atoms with van der Waals surface area (Å²) < 4.78 is 11.1. The smallest absolute Gasteiger partial charge is 0.272 e. The number of ether oxygens (including phenoxy) is 2. The lowest BCUT2D eigenvalue weighted by atomic mass is 10.1. The van der Waals surface area contributed by atoms with Gasteiger partial charge in [-0.1, -0.05) is 0 Å². The summed E-state index contributed by atoms with van der Waals surface area (Å²) in [6.45, 7) is 3.52. The number of ketones is 1. The van der Waals surface area contributed by atoms with Crippen molar-refractivity contribution in [2.45, 2.75) is 51.2 Å². The second-order valence-electron chi connectivity index (χ2n) is 8.03. The molecule has 9 nitrogen and oxygen atoms in total. The first kappa shape index (κ1) is 21.0. The van der Waals surface area contributed by atoms with Crippen molar-refractivity contribution in [2.24, 2.45) is 0 Å². The van der Waals surface area contributed by atoms with Crippen LogP contribution in [-0.2, 0) is 4.79 Å². The highest BCUT2D eigenvalue weighted by Gasteiger charge is 2.26. The number of anilines is 1. The van der Waals surface area contributed by atoms with Crippen LogP contribution in [0.25, 0.3) is 0 Å². The number of aromatic nitrogens is 3. The van der Waals surface area contributed by atoms with Crippen LogP contribution < -0.4 is 19.7 Å². The third kappa shape index (κ3) is 5.10. The normalized spacial score (nSPS) is 19.4. The number of aryl methyl sites for hydroxylation is 1.